The molecule has 0 spiro atoms. The van der Waals surface area contributed by atoms with E-state index in [0.717, 1.165) is 18.5 Å². The van der Waals surface area contributed by atoms with Crippen molar-refractivity contribution in [2.75, 3.05) is 26.3 Å². The monoisotopic (exact) mass is 367 g/mol. The van der Waals surface area contributed by atoms with Gasteiger partial charge < -0.3 is 10.2 Å². The molecule has 0 bridgehead atoms. The van der Waals surface area contributed by atoms with Crippen LogP contribution in [0.1, 0.15) is 39.4 Å². The lowest BCUT2D eigenvalue weighted by Gasteiger charge is -2.41. The smallest absolute Gasteiger partial charge is 0.167 e. The van der Waals surface area contributed by atoms with E-state index >= 15 is 0 Å². The third kappa shape index (κ3) is 4.13. The number of Topliss-reactive ketones (excluding diaryl/α,β-unsaturated/α-hetero) is 1. The van der Waals surface area contributed by atoms with Crippen LogP contribution < -0.4 is 0 Å². The van der Waals surface area contributed by atoms with Crippen LogP contribution in [0.15, 0.2) is 48.5 Å². The maximum absolute atomic E-state index is 13.4. The molecule has 1 saturated heterocycles. The fourth-order valence-electron chi connectivity index (χ4n) is 4.23. The Hall–Kier alpha value is -2.01. The molecule has 2 atom stereocenters. The number of benzene rings is 2. The zero-order valence-corrected chi connectivity index (χ0v) is 16.1. The number of hydrogen-bond acceptors (Lipinski definition) is 4. The van der Waals surface area contributed by atoms with E-state index in [-0.39, 0.29) is 36.9 Å². The molecular weight excluding hydrogens is 338 g/mol. The number of likely N-dealkylation sites (tertiary alicyclic amines) is 1. The summed E-state index contributed by atoms with van der Waals surface area (Å²) in [7, 11) is 0. The molecular formula is C23H29NO3. The summed E-state index contributed by atoms with van der Waals surface area (Å²) >= 11 is 0. The molecule has 1 heterocycles. The van der Waals surface area contributed by atoms with Gasteiger partial charge in [0.2, 0.25) is 0 Å². The highest BCUT2D eigenvalue weighted by atomic mass is 16.3. The summed E-state index contributed by atoms with van der Waals surface area (Å²) in [5.74, 6) is 0.0926. The number of aliphatic hydroxyl groups excluding tert-OH is 2. The van der Waals surface area contributed by atoms with Gasteiger partial charge in [0.25, 0.3) is 0 Å². The quantitative estimate of drug-likeness (QED) is 0.771. The molecule has 3 rings (SSSR count). The van der Waals surface area contributed by atoms with Gasteiger partial charge in [0, 0.05) is 18.0 Å². The Morgan fingerprint density at radius 3 is 2.44 bits per heavy atom. The van der Waals surface area contributed by atoms with Crippen LogP contribution >= 0.6 is 0 Å². The maximum Gasteiger partial charge on any atom is 0.167 e. The molecule has 1 aliphatic heterocycles. The number of carbonyl (C=O) groups is 1. The SMILES string of the molecule is Cc1cccc([C@H]2CCN(C(CO)CO)C[C@@H]2C(=O)c2ccccc2)c1C. The van der Waals surface area contributed by atoms with Crippen LogP contribution in [0.3, 0.4) is 0 Å². The van der Waals surface area contributed by atoms with Crippen molar-refractivity contribution in [3.8, 4) is 0 Å². The molecule has 144 valence electrons. The molecule has 27 heavy (non-hydrogen) atoms. The van der Waals surface area contributed by atoms with Crippen molar-refractivity contribution in [1.29, 1.82) is 0 Å². The van der Waals surface area contributed by atoms with E-state index < -0.39 is 0 Å². The summed E-state index contributed by atoms with van der Waals surface area (Å²) in [6, 6.07) is 15.5. The lowest BCUT2D eigenvalue weighted by molar-refractivity contribution is 0.0347. The van der Waals surface area contributed by atoms with Gasteiger partial charge in [0.1, 0.15) is 0 Å². The lowest BCUT2D eigenvalue weighted by Crippen LogP contribution is -2.50. The molecule has 2 aromatic rings. The third-order valence-electron chi connectivity index (χ3n) is 6.02. The van der Waals surface area contributed by atoms with E-state index in [1.54, 1.807) is 0 Å². The minimum absolute atomic E-state index is 0.100. The van der Waals surface area contributed by atoms with Crippen LogP contribution in [-0.2, 0) is 0 Å². The molecule has 2 aromatic carbocycles. The predicted octanol–water partition coefficient (Wildman–Crippen LogP) is 2.95. The van der Waals surface area contributed by atoms with Crippen LogP contribution in [-0.4, -0.2) is 53.2 Å². The lowest BCUT2D eigenvalue weighted by atomic mass is 9.74. The number of hydrogen-bond donors (Lipinski definition) is 2. The van der Waals surface area contributed by atoms with E-state index in [9.17, 15) is 15.0 Å². The van der Waals surface area contributed by atoms with Gasteiger partial charge in [-0.1, -0.05) is 48.5 Å². The fraction of sp³-hybridized carbons (Fsp3) is 0.435. The molecule has 4 heteroatoms. The summed E-state index contributed by atoms with van der Waals surface area (Å²) in [5.41, 5.74) is 4.46. The number of aryl methyl sites for hydroxylation is 1. The average molecular weight is 367 g/mol. The van der Waals surface area contributed by atoms with Crippen LogP contribution in [0, 0.1) is 19.8 Å². The highest BCUT2D eigenvalue weighted by Crippen LogP contribution is 2.37. The topological polar surface area (TPSA) is 60.8 Å². The summed E-state index contributed by atoms with van der Waals surface area (Å²) in [5, 5.41) is 19.2. The van der Waals surface area contributed by atoms with Crippen molar-refractivity contribution >= 4 is 5.78 Å². The van der Waals surface area contributed by atoms with E-state index in [1.165, 1.54) is 16.7 Å². The fourth-order valence-corrected chi connectivity index (χ4v) is 4.23. The number of rotatable bonds is 6. The number of nitrogens with zero attached hydrogens (tertiary/aromatic N) is 1. The van der Waals surface area contributed by atoms with Gasteiger partial charge in [0.15, 0.2) is 5.78 Å². The van der Waals surface area contributed by atoms with Crippen molar-refractivity contribution in [1.82, 2.24) is 4.90 Å². The summed E-state index contributed by atoms with van der Waals surface area (Å²) < 4.78 is 0. The molecule has 0 aliphatic carbocycles. The first-order valence-electron chi connectivity index (χ1n) is 9.68. The van der Waals surface area contributed by atoms with Gasteiger partial charge in [-0.15, -0.1) is 0 Å². The zero-order valence-electron chi connectivity index (χ0n) is 16.1. The predicted molar refractivity (Wildman–Crippen MR) is 107 cm³/mol. The van der Waals surface area contributed by atoms with Crippen molar-refractivity contribution < 1.29 is 15.0 Å². The minimum Gasteiger partial charge on any atom is -0.395 e. The third-order valence-corrected chi connectivity index (χ3v) is 6.02. The van der Waals surface area contributed by atoms with Crippen molar-refractivity contribution in [2.24, 2.45) is 5.92 Å². The highest BCUT2D eigenvalue weighted by Gasteiger charge is 2.38. The Morgan fingerprint density at radius 1 is 1.07 bits per heavy atom. The molecule has 1 fully saturated rings. The Morgan fingerprint density at radius 2 is 1.78 bits per heavy atom. The molecule has 0 radical (unpaired) electrons. The van der Waals surface area contributed by atoms with Gasteiger partial charge in [-0.2, -0.15) is 0 Å². The Kier molecular flexibility index (Phi) is 6.42. The molecule has 2 N–H and O–H groups in total. The van der Waals surface area contributed by atoms with Gasteiger partial charge >= 0.3 is 0 Å². The molecule has 1 aliphatic rings. The Balaban J connectivity index is 1.96. The number of carbonyl (C=O) groups excluding carboxylic acids is 1. The van der Waals surface area contributed by atoms with Gasteiger partial charge in [0.05, 0.1) is 19.3 Å². The number of ketones is 1. The Labute approximate surface area is 161 Å². The van der Waals surface area contributed by atoms with E-state index in [2.05, 4.69) is 36.9 Å². The summed E-state index contributed by atoms with van der Waals surface area (Å²) in [6.07, 6.45) is 0.837. The molecule has 0 saturated carbocycles. The molecule has 0 unspecified atom stereocenters. The summed E-state index contributed by atoms with van der Waals surface area (Å²) in [4.78, 5) is 15.4. The van der Waals surface area contributed by atoms with Crippen LogP contribution in [0.2, 0.25) is 0 Å². The van der Waals surface area contributed by atoms with Gasteiger partial charge in [-0.3, -0.25) is 9.69 Å². The van der Waals surface area contributed by atoms with E-state index in [1.807, 2.05) is 30.3 Å². The minimum atomic E-state index is -0.310. The Bertz CT molecular complexity index is 770. The second-order valence-corrected chi connectivity index (χ2v) is 7.53. The van der Waals surface area contributed by atoms with Crippen molar-refractivity contribution in [2.45, 2.75) is 32.2 Å². The molecule has 0 aromatic heterocycles. The molecule has 4 nitrogen and oxygen atoms in total. The van der Waals surface area contributed by atoms with E-state index in [0.29, 0.717) is 6.54 Å². The normalized spacial score (nSPS) is 20.8. The second-order valence-electron chi connectivity index (χ2n) is 7.53. The number of aliphatic hydroxyl groups is 2. The first-order valence-corrected chi connectivity index (χ1v) is 9.68. The first kappa shape index (κ1) is 19.7. The first-order chi connectivity index (χ1) is 13.1. The van der Waals surface area contributed by atoms with E-state index in [4.69, 9.17) is 0 Å². The average Bonchev–Trinajstić information content (AvgIpc) is 2.71. The van der Waals surface area contributed by atoms with Crippen molar-refractivity contribution in [3.63, 3.8) is 0 Å². The van der Waals surface area contributed by atoms with Crippen LogP contribution in [0.25, 0.3) is 0 Å². The van der Waals surface area contributed by atoms with Crippen LogP contribution in [0.4, 0.5) is 0 Å². The second kappa shape index (κ2) is 8.79. The van der Waals surface area contributed by atoms with Gasteiger partial charge in [-0.05, 0) is 49.4 Å². The maximum atomic E-state index is 13.4. The highest BCUT2D eigenvalue weighted by molar-refractivity contribution is 5.98. The van der Waals surface area contributed by atoms with Crippen molar-refractivity contribution in [3.05, 3.63) is 70.8 Å². The largest absolute Gasteiger partial charge is 0.395 e. The van der Waals surface area contributed by atoms with Gasteiger partial charge in [-0.25, -0.2) is 0 Å². The molecule has 0 amide bonds. The van der Waals surface area contributed by atoms with Crippen LogP contribution in [0.5, 0.6) is 0 Å². The standard InChI is InChI=1S/C23H29NO3/c1-16-7-6-10-20(17(16)2)21-11-12-24(19(14-25)15-26)13-22(21)23(27)18-8-4-3-5-9-18/h3-10,19,21-22,25-26H,11-15H2,1-2H3/t21-,22+/m1/s1. The number of piperidine rings is 1. The zero-order chi connectivity index (χ0) is 19.4. The summed E-state index contributed by atoms with van der Waals surface area (Å²) in [6.45, 7) is 5.36.